The summed E-state index contributed by atoms with van der Waals surface area (Å²) in [5, 5.41) is 6.49. The van der Waals surface area contributed by atoms with Crippen LogP contribution in [0.1, 0.15) is 35.0 Å². The van der Waals surface area contributed by atoms with E-state index in [1.807, 2.05) is 44.2 Å². The summed E-state index contributed by atoms with van der Waals surface area (Å²) in [7, 11) is 0. The lowest BCUT2D eigenvalue weighted by molar-refractivity contribution is -0.117. The molecule has 1 aliphatic rings. The number of hydrogen-bond acceptors (Lipinski definition) is 4. The lowest BCUT2D eigenvalue weighted by Crippen LogP contribution is -2.13. The van der Waals surface area contributed by atoms with E-state index in [1.54, 1.807) is 0 Å². The predicted octanol–water partition coefficient (Wildman–Crippen LogP) is 4.06. The number of rotatable bonds is 6. The molecule has 0 saturated heterocycles. The Labute approximate surface area is 145 Å². The standard InChI is InChI=1S/C18H20N2O3S/c1-3-23-14-7-5-4-6-13(14)19-18(22)16-11(2)10-15(24-16)20-17(21)12-8-9-12/h4-7,10,12H,3,8-9H2,1-2H3,(H,19,22)(H,20,21). The van der Waals surface area contributed by atoms with Crippen molar-refractivity contribution in [2.45, 2.75) is 26.7 Å². The fourth-order valence-electron chi connectivity index (χ4n) is 2.37. The molecule has 5 nitrogen and oxygen atoms in total. The molecule has 0 atom stereocenters. The Morgan fingerprint density at radius 2 is 2.00 bits per heavy atom. The zero-order valence-electron chi connectivity index (χ0n) is 13.7. The molecular weight excluding hydrogens is 324 g/mol. The number of ether oxygens (including phenoxy) is 1. The lowest BCUT2D eigenvalue weighted by atomic mass is 10.2. The Morgan fingerprint density at radius 3 is 2.71 bits per heavy atom. The zero-order chi connectivity index (χ0) is 17.1. The van der Waals surface area contributed by atoms with Crippen molar-refractivity contribution in [1.29, 1.82) is 0 Å². The Kier molecular flexibility index (Phi) is 4.85. The first-order valence-electron chi connectivity index (χ1n) is 8.03. The van der Waals surface area contributed by atoms with Crippen LogP contribution in [0.5, 0.6) is 5.75 Å². The van der Waals surface area contributed by atoms with Crippen molar-refractivity contribution in [1.82, 2.24) is 0 Å². The molecule has 2 aromatic rings. The summed E-state index contributed by atoms with van der Waals surface area (Å²) in [6.45, 7) is 4.30. The van der Waals surface area contributed by atoms with Gasteiger partial charge in [-0.25, -0.2) is 0 Å². The van der Waals surface area contributed by atoms with Crippen LogP contribution in [0, 0.1) is 12.8 Å². The predicted molar refractivity (Wildman–Crippen MR) is 96.0 cm³/mol. The second kappa shape index (κ2) is 7.05. The van der Waals surface area contributed by atoms with Crippen LogP contribution in [0.3, 0.4) is 0 Å². The number of aryl methyl sites for hydroxylation is 1. The number of hydrogen-bond donors (Lipinski definition) is 2. The molecule has 24 heavy (non-hydrogen) atoms. The quantitative estimate of drug-likeness (QED) is 0.830. The van der Waals surface area contributed by atoms with E-state index in [9.17, 15) is 9.59 Å². The molecule has 0 spiro atoms. The number of amides is 2. The summed E-state index contributed by atoms with van der Waals surface area (Å²) in [4.78, 5) is 25.0. The summed E-state index contributed by atoms with van der Waals surface area (Å²) in [6.07, 6.45) is 1.91. The highest BCUT2D eigenvalue weighted by atomic mass is 32.1. The Bertz CT molecular complexity index is 765. The van der Waals surface area contributed by atoms with Crippen LogP contribution in [0.4, 0.5) is 10.7 Å². The Hall–Kier alpha value is -2.34. The minimum atomic E-state index is -0.198. The fraction of sp³-hybridized carbons (Fsp3) is 0.333. The first-order valence-corrected chi connectivity index (χ1v) is 8.84. The smallest absolute Gasteiger partial charge is 0.266 e. The molecule has 0 aliphatic heterocycles. The van der Waals surface area contributed by atoms with Gasteiger partial charge in [0.1, 0.15) is 5.75 Å². The molecule has 1 aliphatic carbocycles. The highest BCUT2D eigenvalue weighted by Crippen LogP contribution is 2.33. The van der Waals surface area contributed by atoms with Gasteiger partial charge in [0.05, 0.1) is 22.2 Å². The van der Waals surface area contributed by atoms with Gasteiger partial charge in [-0.15, -0.1) is 11.3 Å². The Balaban J connectivity index is 1.73. The number of carbonyl (C=O) groups is 2. The van der Waals surface area contributed by atoms with Gasteiger partial charge in [-0.3, -0.25) is 9.59 Å². The van der Waals surface area contributed by atoms with Gasteiger partial charge < -0.3 is 15.4 Å². The fourth-order valence-corrected chi connectivity index (χ4v) is 3.34. The summed E-state index contributed by atoms with van der Waals surface area (Å²) in [5.41, 5.74) is 1.48. The minimum absolute atomic E-state index is 0.0462. The number of benzene rings is 1. The second-order valence-corrected chi connectivity index (χ2v) is 6.82. The van der Waals surface area contributed by atoms with Crippen LogP contribution in [0.15, 0.2) is 30.3 Å². The molecule has 1 aromatic heterocycles. The van der Waals surface area contributed by atoms with Crippen LogP contribution in [0.25, 0.3) is 0 Å². The Morgan fingerprint density at radius 1 is 1.25 bits per heavy atom. The van der Waals surface area contributed by atoms with E-state index in [4.69, 9.17) is 4.74 Å². The molecule has 0 unspecified atom stereocenters. The van der Waals surface area contributed by atoms with Gasteiger partial charge in [-0.05, 0) is 50.5 Å². The maximum atomic E-state index is 12.6. The van der Waals surface area contributed by atoms with E-state index in [0.717, 1.165) is 18.4 Å². The number of carbonyl (C=O) groups excluding carboxylic acids is 2. The molecule has 1 heterocycles. The van der Waals surface area contributed by atoms with Gasteiger partial charge in [0, 0.05) is 5.92 Å². The average molecular weight is 344 g/mol. The van der Waals surface area contributed by atoms with Crippen molar-refractivity contribution in [2.24, 2.45) is 5.92 Å². The summed E-state index contributed by atoms with van der Waals surface area (Å²) in [6, 6.07) is 9.18. The third-order valence-electron chi connectivity index (χ3n) is 3.75. The molecule has 2 N–H and O–H groups in total. The molecular formula is C18H20N2O3S. The minimum Gasteiger partial charge on any atom is -0.492 e. The molecule has 1 fully saturated rings. The van der Waals surface area contributed by atoms with E-state index in [-0.39, 0.29) is 17.7 Å². The first-order chi connectivity index (χ1) is 11.6. The third-order valence-corrected chi connectivity index (χ3v) is 4.90. The van der Waals surface area contributed by atoms with Crippen molar-refractivity contribution < 1.29 is 14.3 Å². The number of anilines is 2. The largest absolute Gasteiger partial charge is 0.492 e. The van der Waals surface area contributed by atoms with E-state index in [2.05, 4.69) is 10.6 Å². The van der Waals surface area contributed by atoms with E-state index < -0.39 is 0 Å². The SMILES string of the molecule is CCOc1ccccc1NC(=O)c1sc(NC(=O)C2CC2)cc1C. The molecule has 126 valence electrons. The lowest BCUT2D eigenvalue weighted by Gasteiger charge is -2.10. The van der Waals surface area contributed by atoms with Gasteiger partial charge in [0.2, 0.25) is 5.91 Å². The van der Waals surface area contributed by atoms with E-state index in [0.29, 0.717) is 27.9 Å². The molecule has 3 rings (SSSR count). The molecule has 2 amide bonds. The van der Waals surface area contributed by atoms with Gasteiger partial charge >= 0.3 is 0 Å². The molecule has 1 saturated carbocycles. The van der Waals surface area contributed by atoms with Gasteiger partial charge in [0.15, 0.2) is 0 Å². The van der Waals surface area contributed by atoms with Crippen LogP contribution < -0.4 is 15.4 Å². The van der Waals surface area contributed by atoms with Gasteiger partial charge in [-0.2, -0.15) is 0 Å². The van der Waals surface area contributed by atoms with Crippen molar-refractivity contribution in [2.75, 3.05) is 17.2 Å². The maximum Gasteiger partial charge on any atom is 0.266 e. The number of nitrogens with one attached hydrogen (secondary N) is 2. The topological polar surface area (TPSA) is 67.4 Å². The third kappa shape index (κ3) is 3.76. The highest BCUT2D eigenvalue weighted by molar-refractivity contribution is 7.18. The number of thiophene rings is 1. The van der Waals surface area contributed by atoms with Crippen molar-refractivity contribution in [3.05, 3.63) is 40.8 Å². The summed E-state index contributed by atoms with van der Waals surface area (Å²) in [5.74, 6) is 0.633. The summed E-state index contributed by atoms with van der Waals surface area (Å²) >= 11 is 1.29. The second-order valence-electron chi connectivity index (χ2n) is 5.77. The normalized spacial score (nSPS) is 13.4. The summed E-state index contributed by atoms with van der Waals surface area (Å²) < 4.78 is 5.53. The van der Waals surface area contributed by atoms with Crippen molar-refractivity contribution in [3.63, 3.8) is 0 Å². The number of para-hydroxylation sites is 2. The molecule has 6 heteroatoms. The first kappa shape index (κ1) is 16.5. The van der Waals surface area contributed by atoms with Crippen LogP contribution in [-0.2, 0) is 4.79 Å². The van der Waals surface area contributed by atoms with E-state index >= 15 is 0 Å². The van der Waals surface area contributed by atoms with Gasteiger partial charge in [0.25, 0.3) is 5.91 Å². The van der Waals surface area contributed by atoms with Crippen LogP contribution in [0.2, 0.25) is 0 Å². The monoisotopic (exact) mass is 344 g/mol. The molecule has 1 aromatic carbocycles. The van der Waals surface area contributed by atoms with Crippen LogP contribution in [-0.4, -0.2) is 18.4 Å². The van der Waals surface area contributed by atoms with Crippen molar-refractivity contribution in [3.8, 4) is 5.75 Å². The van der Waals surface area contributed by atoms with E-state index in [1.165, 1.54) is 11.3 Å². The highest BCUT2D eigenvalue weighted by Gasteiger charge is 2.30. The van der Waals surface area contributed by atoms with Crippen molar-refractivity contribution >= 4 is 33.8 Å². The molecule has 0 radical (unpaired) electrons. The van der Waals surface area contributed by atoms with Gasteiger partial charge in [-0.1, -0.05) is 12.1 Å². The maximum absolute atomic E-state index is 12.6. The zero-order valence-corrected chi connectivity index (χ0v) is 14.5. The van der Waals surface area contributed by atoms with Crippen LogP contribution >= 0.6 is 11.3 Å². The average Bonchev–Trinajstić information content (AvgIpc) is 3.34. The molecule has 0 bridgehead atoms.